The van der Waals surface area contributed by atoms with Crippen LogP contribution in [0.5, 0.6) is 0 Å². The summed E-state index contributed by atoms with van der Waals surface area (Å²) >= 11 is 0. The van der Waals surface area contributed by atoms with Crippen LogP contribution in [-0.4, -0.2) is 5.78 Å². The van der Waals surface area contributed by atoms with Gasteiger partial charge in [-0.1, -0.05) is 54.6 Å². The minimum atomic E-state index is -0.0381. The van der Waals surface area contributed by atoms with E-state index in [1.165, 1.54) is 0 Å². The van der Waals surface area contributed by atoms with Gasteiger partial charge in [0, 0.05) is 16.8 Å². The van der Waals surface area contributed by atoms with Crippen molar-refractivity contribution in [2.75, 3.05) is 5.73 Å². The van der Waals surface area contributed by atoms with Gasteiger partial charge in [0.2, 0.25) is 0 Å². The van der Waals surface area contributed by atoms with Crippen LogP contribution in [0.2, 0.25) is 0 Å². The Balaban J connectivity index is 2.15. The predicted octanol–water partition coefficient (Wildman–Crippen LogP) is 3.65. The maximum absolute atomic E-state index is 12.4. The lowest BCUT2D eigenvalue weighted by atomic mass is 9.98. The molecule has 0 bridgehead atoms. The van der Waals surface area contributed by atoms with Crippen LogP contribution >= 0.6 is 0 Å². The van der Waals surface area contributed by atoms with E-state index in [9.17, 15) is 4.79 Å². The molecule has 0 heterocycles. The van der Waals surface area contributed by atoms with Gasteiger partial charge in [-0.2, -0.15) is 0 Å². The fourth-order valence-electron chi connectivity index (χ4n) is 2.20. The summed E-state index contributed by atoms with van der Waals surface area (Å²) in [5.41, 5.74) is 7.74. The Bertz CT molecular complexity index is 748. The van der Waals surface area contributed by atoms with E-state index < -0.39 is 0 Å². The number of rotatable bonds is 2. The highest BCUT2D eigenvalue weighted by atomic mass is 16.1. The van der Waals surface area contributed by atoms with Gasteiger partial charge in [0.15, 0.2) is 5.78 Å². The Morgan fingerprint density at radius 1 is 0.789 bits per heavy atom. The molecule has 0 aliphatic heterocycles. The lowest BCUT2D eigenvalue weighted by Gasteiger charge is -2.07. The van der Waals surface area contributed by atoms with Crippen LogP contribution in [0.25, 0.3) is 10.8 Å². The number of ketones is 1. The van der Waals surface area contributed by atoms with Crippen LogP contribution in [0, 0.1) is 0 Å². The van der Waals surface area contributed by atoms with Crippen molar-refractivity contribution in [3.05, 3.63) is 77.9 Å². The zero-order chi connectivity index (χ0) is 13.2. The minimum absolute atomic E-state index is 0.0381. The summed E-state index contributed by atoms with van der Waals surface area (Å²) in [4.78, 5) is 12.4. The van der Waals surface area contributed by atoms with Crippen molar-refractivity contribution >= 4 is 22.2 Å². The highest BCUT2D eigenvalue weighted by Crippen LogP contribution is 2.24. The predicted molar refractivity (Wildman–Crippen MR) is 78.2 cm³/mol. The lowest BCUT2D eigenvalue weighted by Crippen LogP contribution is -2.05. The first kappa shape index (κ1) is 11.5. The molecule has 0 unspecified atom stereocenters. The summed E-state index contributed by atoms with van der Waals surface area (Å²) in [6, 6.07) is 20.8. The molecule has 0 saturated heterocycles. The Kier molecular flexibility index (Phi) is 2.76. The summed E-state index contributed by atoms with van der Waals surface area (Å²) in [5, 5.41) is 2.07. The van der Waals surface area contributed by atoms with Crippen molar-refractivity contribution in [1.82, 2.24) is 0 Å². The van der Waals surface area contributed by atoms with Crippen LogP contribution in [0.4, 0.5) is 5.69 Å². The number of hydrogen-bond donors (Lipinski definition) is 1. The second-order valence-electron chi connectivity index (χ2n) is 4.48. The molecule has 2 heteroatoms. The third kappa shape index (κ3) is 2.08. The third-order valence-electron chi connectivity index (χ3n) is 3.20. The van der Waals surface area contributed by atoms with Crippen molar-refractivity contribution in [2.45, 2.75) is 0 Å². The molecule has 3 rings (SSSR count). The van der Waals surface area contributed by atoms with Crippen molar-refractivity contribution in [1.29, 1.82) is 0 Å². The van der Waals surface area contributed by atoms with Gasteiger partial charge in [0.05, 0.1) is 0 Å². The number of carbonyl (C=O) groups excluding carboxylic acids is 1. The topological polar surface area (TPSA) is 43.1 Å². The Morgan fingerprint density at radius 2 is 1.37 bits per heavy atom. The van der Waals surface area contributed by atoms with E-state index in [0.29, 0.717) is 16.8 Å². The summed E-state index contributed by atoms with van der Waals surface area (Å²) in [5.74, 6) is -0.0381. The summed E-state index contributed by atoms with van der Waals surface area (Å²) < 4.78 is 0. The number of hydrogen-bond acceptors (Lipinski definition) is 2. The van der Waals surface area contributed by atoms with Crippen LogP contribution < -0.4 is 5.73 Å². The fraction of sp³-hybridized carbons (Fsp3) is 0. The molecule has 92 valence electrons. The van der Waals surface area contributed by atoms with E-state index in [-0.39, 0.29) is 5.78 Å². The number of nitrogens with two attached hydrogens (primary N) is 1. The average Bonchev–Trinajstić information content (AvgIpc) is 2.47. The number of benzene rings is 3. The zero-order valence-corrected chi connectivity index (χ0v) is 10.3. The van der Waals surface area contributed by atoms with Gasteiger partial charge in [0.25, 0.3) is 0 Å². The van der Waals surface area contributed by atoms with Gasteiger partial charge in [-0.15, -0.1) is 0 Å². The second kappa shape index (κ2) is 4.58. The van der Waals surface area contributed by atoms with Crippen molar-refractivity contribution < 1.29 is 4.79 Å². The van der Waals surface area contributed by atoms with Crippen LogP contribution in [0.15, 0.2) is 66.7 Å². The first-order chi connectivity index (χ1) is 9.25. The normalized spacial score (nSPS) is 10.5. The monoisotopic (exact) mass is 247 g/mol. The molecule has 0 radical (unpaired) electrons. The maximum atomic E-state index is 12.4. The molecule has 0 amide bonds. The highest BCUT2D eigenvalue weighted by Gasteiger charge is 2.12. The number of carbonyl (C=O) groups is 1. The summed E-state index contributed by atoms with van der Waals surface area (Å²) in [7, 11) is 0. The number of anilines is 1. The van der Waals surface area contributed by atoms with Gasteiger partial charge in [-0.3, -0.25) is 4.79 Å². The van der Waals surface area contributed by atoms with E-state index in [4.69, 9.17) is 5.73 Å². The van der Waals surface area contributed by atoms with Gasteiger partial charge in [0.1, 0.15) is 0 Å². The maximum Gasteiger partial charge on any atom is 0.195 e. The Hall–Kier alpha value is -2.61. The standard InChI is InChI=1S/C17H13NO/c18-16-11-14-9-5-4-8-13(14)10-15(16)17(19)12-6-2-1-3-7-12/h1-11H,18H2. The first-order valence-electron chi connectivity index (χ1n) is 6.14. The molecule has 0 saturated carbocycles. The van der Waals surface area contributed by atoms with E-state index in [1.54, 1.807) is 12.1 Å². The molecule has 0 spiro atoms. The SMILES string of the molecule is Nc1cc2ccccc2cc1C(=O)c1ccccc1. The van der Waals surface area contributed by atoms with Crippen molar-refractivity contribution in [2.24, 2.45) is 0 Å². The fourth-order valence-corrected chi connectivity index (χ4v) is 2.20. The first-order valence-corrected chi connectivity index (χ1v) is 6.14. The molecule has 2 nitrogen and oxygen atoms in total. The van der Waals surface area contributed by atoms with Crippen LogP contribution in [-0.2, 0) is 0 Å². The van der Waals surface area contributed by atoms with Crippen LogP contribution in [0.3, 0.4) is 0 Å². The number of nitrogen functional groups attached to an aromatic ring is 1. The molecule has 0 aliphatic rings. The minimum Gasteiger partial charge on any atom is -0.398 e. The molecular weight excluding hydrogens is 234 g/mol. The summed E-state index contributed by atoms with van der Waals surface area (Å²) in [6.07, 6.45) is 0. The Labute approximate surface area is 111 Å². The van der Waals surface area contributed by atoms with Crippen LogP contribution in [0.1, 0.15) is 15.9 Å². The van der Waals surface area contributed by atoms with E-state index >= 15 is 0 Å². The molecule has 0 atom stereocenters. The van der Waals surface area contributed by atoms with Gasteiger partial charge < -0.3 is 5.73 Å². The summed E-state index contributed by atoms with van der Waals surface area (Å²) in [6.45, 7) is 0. The molecule has 0 aromatic heterocycles. The van der Waals surface area contributed by atoms with E-state index in [1.807, 2.05) is 54.6 Å². The molecule has 3 aromatic carbocycles. The molecule has 3 aromatic rings. The molecular formula is C17H13NO. The quantitative estimate of drug-likeness (QED) is 0.555. The van der Waals surface area contributed by atoms with Gasteiger partial charge in [-0.25, -0.2) is 0 Å². The third-order valence-corrected chi connectivity index (χ3v) is 3.20. The van der Waals surface area contributed by atoms with Gasteiger partial charge in [-0.05, 0) is 22.9 Å². The average molecular weight is 247 g/mol. The lowest BCUT2D eigenvalue weighted by molar-refractivity contribution is 0.103. The molecule has 0 fully saturated rings. The highest BCUT2D eigenvalue weighted by molar-refractivity contribution is 6.14. The van der Waals surface area contributed by atoms with E-state index in [0.717, 1.165) is 10.8 Å². The van der Waals surface area contributed by atoms with Crippen molar-refractivity contribution in [3.8, 4) is 0 Å². The smallest absolute Gasteiger partial charge is 0.195 e. The van der Waals surface area contributed by atoms with E-state index in [2.05, 4.69) is 0 Å². The Morgan fingerprint density at radius 3 is 2.05 bits per heavy atom. The van der Waals surface area contributed by atoms with Crippen molar-refractivity contribution in [3.63, 3.8) is 0 Å². The molecule has 19 heavy (non-hydrogen) atoms. The second-order valence-corrected chi connectivity index (χ2v) is 4.48. The van der Waals surface area contributed by atoms with Gasteiger partial charge >= 0.3 is 0 Å². The zero-order valence-electron chi connectivity index (χ0n) is 10.3. The molecule has 2 N–H and O–H groups in total. The molecule has 0 aliphatic carbocycles. The number of fused-ring (bicyclic) bond motifs is 1. The largest absolute Gasteiger partial charge is 0.398 e.